The van der Waals surface area contributed by atoms with Crippen LogP contribution in [0, 0.1) is 0 Å². The normalized spacial score (nSPS) is 16.0. The van der Waals surface area contributed by atoms with Gasteiger partial charge in [0.25, 0.3) is 0 Å². The molecule has 0 aliphatic carbocycles. The van der Waals surface area contributed by atoms with Crippen LogP contribution in [0.1, 0.15) is 24.4 Å². The van der Waals surface area contributed by atoms with Crippen LogP contribution < -0.4 is 5.32 Å². The number of amides is 1. The first-order valence-electron chi connectivity index (χ1n) is 9.83. The van der Waals surface area contributed by atoms with Crippen molar-refractivity contribution in [1.29, 1.82) is 0 Å². The van der Waals surface area contributed by atoms with Gasteiger partial charge in [0, 0.05) is 37.7 Å². The Bertz CT molecular complexity index is 817. The van der Waals surface area contributed by atoms with E-state index in [1.807, 2.05) is 30.0 Å². The summed E-state index contributed by atoms with van der Waals surface area (Å²) in [4.78, 5) is 21.1. The molecule has 1 aliphatic rings. The highest BCUT2D eigenvalue weighted by molar-refractivity contribution is 6.30. The van der Waals surface area contributed by atoms with Crippen LogP contribution in [0.4, 0.5) is 0 Å². The van der Waals surface area contributed by atoms with E-state index < -0.39 is 6.10 Å². The smallest absolute Gasteiger partial charge is 0.227 e. The number of aliphatic imine (C=N–C) groups is 1. The van der Waals surface area contributed by atoms with Crippen LogP contribution in [-0.2, 0) is 11.2 Å². The van der Waals surface area contributed by atoms with Gasteiger partial charge in [-0.25, -0.2) is 4.99 Å². The fraction of sp³-hybridized carbons (Fsp3) is 0.429. The van der Waals surface area contributed by atoms with Crippen LogP contribution in [0.2, 0.25) is 5.02 Å². The van der Waals surface area contributed by atoms with Crippen LogP contribution in [0.15, 0.2) is 52.1 Å². The molecule has 0 radical (unpaired) electrons. The number of nitrogens with one attached hydrogen (secondary N) is 1. The van der Waals surface area contributed by atoms with Crippen LogP contribution in [0.25, 0.3) is 0 Å². The van der Waals surface area contributed by atoms with Crippen LogP contribution >= 0.6 is 11.6 Å². The molecule has 1 amide bonds. The topological polar surface area (TPSA) is 81.3 Å². The SMILES string of the molecule is CCNC(=NCC(O)c1ccco1)N1CCN(C(=O)Cc2cccc(Cl)c2)CC1. The van der Waals surface area contributed by atoms with Crippen LogP contribution in [0.5, 0.6) is 0 Å². The fourth-order valence-electron chi connectivity index (χ4n) is 3.27. The fourth-order valence-corrected chi connectivity index (χ4v) is 3.48. The van der Waals surface area contributed by atoms with Crippen LogP contribution in [-0.4, -0.2) is 66.0 Å². The summed E-state index contributed by atoms with van der Waals surface area (Å²) in [5.41, 5.74) is 0.923. The number of hydrogen-bond acceptors (Lipinski definition) is 4. The molecule has 2 N–H and O–H groups in total. The van der Waals surface area contributed by atoms with Gasteiger partial charge < -0.3 is 24.6 Å². The Balaban J connectivity index is 1.54. The van der Waals surface area contributed by atoms with Crippen molar-refractivity contribution in [2.45, 2.75) is 19.4 Å². The van der Waals surface area contributed by atoms with Gasteiger partial charge >= 0.3 is 0 Å². The van der Waals surface area contributed by atoms with Gasteiger partial charge in [-0.1, -0.05) is 23.7 Å². The zero-order valence-electron chi connectivity index (χ0n) is 16.6. The Labute approximate surface area is 176 Å². The van der Waals surface area contributed by atoms with E-state index in [2.05, 4.69) is 15.2 Å². The Morgan fingerprint density at radius 2 is 2.00 bits per heavy atom. The summed E-state index contributed by atoms with van der Waals surface area (Å²) in [6, 6.07) is 10.9. The molecule has 0 bridgehead atoms. The molecule has 2 heterocycles. The van der Waals surface area contributed by atoms with Gasteiger partial charge in [-0.15, -0.1) is 0 Å². The second kappa shape index (κ2) is 10.3. The molecule has 156 valence electrons. The van der Waals surface area contributed by atoms with Gasteiger partial charge in [0.05, 0.1) is 19.2 Å². The Kier molecular flexibility index (Phi) is 7.55. The first-order chi connectivity index (χ1) is 14.1. The number of carbonyl (C=O) groups is 1. The maximum absolute atomic E-state index is 12.6. The summed E-state index contributed by atoms with van der Waals surface area (Å²) < 4.78 is 5.22. The predicted octanol–water partition coefficient (Wildman–Crippen LogP) is 2.32. The molecule has 1 saturated heterocycles. The molecule has 1 aliphatic heterocycles. The maximum Gasteiger partial charge on any atom is 0.227 e. The summed E-state index contributed by atoms with van der Waals surface area (Å²) in [6.45, 7) is 5.57. The number of furan rings is 1. The highest BCUT2D eigenvalue weighted by Crippen LogP contribution is 2.15. The lowest BCUT2D eigenvalue weighted by Gasteiger charge is -2.36. The number of hydrogen-bond donors (Lipinski definition) is 2. The van der Waals surface area contributed by atoms with Crippen molar-refractivity contribution in [1.82, 2.24) is 15.1 Å². The number of aliphatic hydroxyl groups excluding tert-OH is 1. The van der Waals surface area contributed by atoms with E-state index in [-0.39, 0.29) is 12.5 Å². The van der Waals surface area contributed by atoms with E-state index in [0.717, 1.165) is 18.1 Å². The molecule has 1 aromatic heterocycles. The van der Waals surface area contributed by atoms with Crippen molar-refractivity contribution in [2.75, 3.05) is 39.3 Å². The minimum atomic E-state index is -0.779. The first-order valence-corrected chi connectivity index (χ1v) is 10.2. The minimum absolute atomic E-state index is 0.0992. The Morgan fingerprint density at radius 1 is 1.24 bits per heavy atom. The van der Waals surface area contributed by atoms with Gasteiger partial charge in [-0.05, 0) is 36.8 Å². The van der Waals surface area contributed by atoms with Gasteiger partial charge in [-0.3, -0.25) is 4.79 Å². The van der Waals surface area contributed by atoms with E-state index in [9.17, 15) is 9.90 Å². The Hall–Kier alpha value is -2.51. The van der Waals surface area contributed by atoms with Gasteiger partial charge in [0.1, 0.15) is 11.9 Å². The number of piperazine rings is 1. The maximum atomic E-state index is 12.6. The van der Waals surface area contributed by atoms with Gasteiger partial charge in [0.2, 0.25) is 5.91 Å². The summed E-state index contributed by atoms with van der Waals surface area (Å²) in [7, 11) is 0. The molecule has 0 saturated carbocycles. The van der Waals surface area contributed by atoms with E-state index in [1.54, 1.807) is 18.2 Å². The summed E-state index contributed by atoms with van der Waals surface area (Å²) in [5, 5.41) is 14.1. The lowest BCUT2D eigenvalue weighted by molar-refractivity contribution is -0.131. The molecule has 0 spiro atoms. The third-order valence-corrected chi connectivity index (χ3v) is 5.03. The molecule has 7 nitrogen and oxygen atoms in total. The molecule has 3 rings (SSSR count). The number of benzene rings is 1. The quantitative estimate of drug-likeness (QED) is 0.555. The average molecular weight is 419 g/mol. The lowest BCUT2D eigenvalue weighted by atomic mass is 10.1. The minimum Gasteiger partial charge on any atom is -0.467 e. The zero-order valence-corrected chi connectivity index (χ0v) is 17.3. The van der Waals surface area contributed by atoms with Crippen molar-refractivity contribution < 1.29 is 14.3 Å². The van der Waals surface area contributed by atoms with Gasteiger partial charge in [0.15, 0.2) is 5.96 Å². The molecular formula is C21H27ClN4O3. The number of aliphatic hydroxyl groups is 1. The average Bonchev–Trinajstić information content (AvgIpc) is 3.26. The van der Waals surface area contributed by atoms with E-state index >= 15 is 0 Å². The second-order valence-corrected chi connectivity index (χ2v) is 7.34. The van der Waals surface area contributed by atoms with Crippen molar-refractivity contribution >= 4 is 23.5 Å². The molecular weight excluding hydrogens is 392 g/mol. The highest BCUT2D eigenvalue weighted by Gasteiger charge is 2.23. The van der Waals surface area contributed by atoms with Crippen molar-refractivity contribution in [3.63, 3.8) is 0 Å². The number of rotatable bonds is 6. The standard InChI is InChI=1S/C21H27ClN4O3/c1-2-23-21(24-15-18(27)19-7-4-12-29-19)26-10-8-25(9-11-26)20(28)14-16-5-3-6-17(22)13-16/h3-7,12-13,18,27H,2,8-11,14-15H2,1H3,(H,23,24). The van der Waals surface area contributed by atoms with Crippen molar-refractivity contribution in [2.24, 2.45) is 4.99 Å². The van der Waals surface area contributed by atoms with Gasteiger partial charge in [-0.2, -0.15) is 0 Å². The largest absolute Gasteiger partial charge is 0.467 e. The Morgan fingerprint density at radius 3 is 2.66 bits per heavy atom. The number of carbonyl (C=O) groups excluding carboxylic acids is 1. The van der Waals surface area contributed by atoms with Crippen molar-refractivity contribution in [3.05, 3.63) is 59.0 Å². The number of guanidine groups is 1. The van der Waals surface area contributed by atoms with Crippen molar-refractivity contribution in [3.8, 4) is 0 Å². The summed E-state index contributed by atoms with van der Waals surface area (Å²) >= 11 is 6.01. The molecule has 1 unspecified atom stereocenters. The zero-order chi connectivity index (χ0) is 20.6. The van der Waals surface area contributed by atoms with E-state index in [4.69, 9.17) is 16.0 Å². The van der Waals surface area contributed by atoms with Crippen LogP contribution in [0.3, 0.4) is 0 Å². The van der Waals surface area contributed by atoms with E-state index in [0.29, 0.717) is 43.4 Å². The third kappa shape index (κ3) is 5.98. The first kappa shape index (κ1) is 21.2. The summed E-state index contributed by atoms with van der Waals surface area (Å²) in [5.74, 6) is 1.34. The highest BCUT2D eigenvalue weighted by atomic mass is 35.5. The molecule has 8 heteroatoms. The number of halogens is 1. The second-order valence-electron chi connectivity index (χ2n) is 6.90. The third-order valence-electron chi connectivity index (χ3n) is 4.80. The molecule has 1 aromatic carbocycles. The summed E-state index contributed by atoms with van der Waals surface area (Å²) in [6.07, 6.45) is 1.11. The lowest BCUT2D eigenvalue weighted by Crippen LogP contribution is -2.54. The monoisotopic (exact) mass is 418 g/mol. The molecule has 29 heavy (non-hydrogen) atoms. The molecule has 1 atom stereocenters. The molecule has 2 aromatic rings. The van der Waals surface area contributed by atoms with E-state index in [1.165, 1.54) is 6.26 Å². The molecule has 1 fully saturated rings. The predicted molar refractivity (Wildman–Crippen MR) is 113 cm³/mol. The number of nitrogens with zero attached hydrogens (tertiary/aromatic N) is 3.